The summed E-state index contributed by atoms with van der Waals surface area (Å²) >= 11 is 0. The van der Waals surface area contributed by atoms with Gasteiger partial charge in [0.25, 0.3) is 5.91 Å². The molecule has 0 bridgehead atoms. The first kappa shape index (κ1) is 23.2. The van der Waals surface area contributed by atoms with Crippen molar-refractivity contribution in [2.24, 2.45) is 17.6 Å². The van der Waals surface area contributed by atoms with E-state index in [1.165, 1.54) is 0 Å². The van der Waals surface area contributed by atoms with Gasteiger partial charge in [0.15, 0.2) is 0 Å². The number of fused-ring (bicyclic) bond motifs is 1. The highest BCUT2D eigenvalue weighted by Gasteiger charge is 2.22. The molecule has 0 saturated heterocycles. The van der Waals surface area contributed by atoms with Gasteiger partial charge in [0.1, 0.15) is 0 Å². The number of carbonyl (C=O) groups excluding carboxylic acids is 2. The Morgan fingerprint density at radius 3 is 2.15 bits per heavy atom. The van der Waals surface area contributed by atoms with E-state index in [-0.39, 0.29) is 5.91 Å². The minimum atomic E-state index is -0.984. The Hall–Kier alpha value is -3.94. The van der Waals surface area contributed by atoms with Crippen LogP contribution in [0, 0.1) is 11.8 Å². The monoisotopic (exact) mass is 460 g/mol. The number of pyridine rings is 1. The molecule has 3 amide bonds. The van der Waals surface area contributed by atoms with Crippen molar-refractivity contribution in [3.8, 4) is 11.3 Å². The molecule has 1 fully saturated rings. The van der Waals surface area contributed by atoms with Crippen molar-refractivity contribution in [2.75, 3.05) is 13.1 Å². The fraction of sp³-hybridized carbons (Fsp3) is 0.308. The SMILES string of the molecule is NC(=O)c1ccc(-c2cc(C(=O)NC[C@H]3CC[C@H](CNC(=O)O)CC3)c3ccccc3n2)cc1. The molecule has 1 aromatic heterocycles. The maximum atomic E-state index is 13.2. The van der Waals surface area contributed by atoms with Crippen LogP contribution in [0.2, 0.25) is 0 Å². The Morgan fingerprint density at radius 2 is 1.53 bits per heavy atom. The third kappa shape index (κ3) is 5.51. The van der Waals surface area contributed by atoms with Crippen molar-refractivity contribution >= 4 is 28.8 Å². The van der Waals surface area contributed by atoms with Gasteiger partial charge in [0, 0.05) is 29.6 Å². The zero-order chi connectivity index (χ0) is 24.1. The van der Waals surface area contributed by atoms with E-state index in [2.05, 4.69) is 10.6 Å². The molecule has 34 heavy (non-hydrogen) atoms. The van der Waals surface area contributed by atoms with Gasteiger partial charge in [-0.05, 0) is 61.8 Å². The van der Waals surface area contributed by atoms with E-state index in [4.69, 9.17) is 15.8 Å². The lowest BCUT2D eigenvalue weighted by Gasteiger charge is -2.28. The molecule has 0 aliphatic heterocycles. The standard InChI is InChI=1S/C26H28N4O4/c27-24(31)19-11-9-18(10-12-19)23-13-21(20-3-1-2-4-22(20)30-23)25(32)28-14-16-5-7-17(8-6-16)15-29-26(33)34/h1-4,9-13,16-17,29H,5-8,14-15H2,(H2,27,31)(H,28,32)(H,33,34)/t16-,17-. The molecule has 1 aliphatic rings. The van der Waals surface area contributed by atoms with E-state index in [0.29, 0.717) is 41.7 Å². The summed E-state index contributed by atoms with van der Waals surface area (Å²) in [4.78, 5) is 40.0. The number of nitrogens with two attached hydrogens (primary N) is 1. The number of para-hydroxylation sites is 1. The van der Waals surface area contributed by atoms with E-state index >= 15 is 0 Å². The number of benzene rings is 2. The minimum Gasteiger partial charge on any atom is -0.465 e. The lowest BCUT2D eigenvalue weighted by molar-refractivity contribution is 0.0941. The van der Waals surface area contributed by atoms with E-state index in [1.54, 1.807) is 30.3 Å². The van der Waals surface area contributed by atoms with Crippen LogP contribution in [0.1, 0.15) is 46.4 Å². The normalized spacial score (nSPS) is 17.8. The lowest BCUT2D eigenvalue weighted by atomic mass is 9.82. The van der Waals surface area contributed by atoms with Gasteiger partial charge in [-0.25, -0.2) is 9.78 Å². The number of primary amides is 1. The number of amides is 3. The number of carbonyl (C=O) groups is 3. The Kier molecular flexibility index (Phi) is 7.06. The molecule has 1 heterocycles. The molecular weight excluding hydrogens is 432 g/mol. The van der Waals surface area contributed by atoms with Crippen LogP contribution in [0.15, 0.2) is 54.6 Å². The lowest BCUT2D eigenvalue weighted by Crippen LogP contribution is -2.34. The molecule has 8 heteroatoms. The number of carboxylic acid groups (broad SMARTS) is 1. The Morgan fingerprint density at radius 1 is 0.912 bits per heavy atom. The summed E-state index contributed by atoms with van der Waals surface area (Å²) in [5, 5.41) is 15.1. The quantitative estimate of drug-likeness (QED) is 0.425. The van der Waals surface area contributed by atoms with Crippen LogP contribution in [-0.2, 0) is 0 Å². The number of nitrogens with zero attached hydrogens (tertiary/aromatic N) is 1. The first-order valence-corrected chi connectivity index (χ1v) is 11.5. The smallest absolute Gasteiger partial charge is 0.404 e. The predicted octanol–water partition coefficient (Wildman–Crippen LogP) is 3.80. The maximum absolute atomic E-state index is 13.2. The first-order chi connectivity index (χ1) is 16.4. The van der Waals surface area contributed by atoms with E-state index in [9.17, 15) is 14.4 Å². The molecule has 4 rings (SSSR count). The van der Waals surface area contributed by atoms with Crippen molar-refractivity contribution in [2.45, 2.75) is 25.7 Å². The summed E-state index contributed by atoms with van der Waals surface area (Å²) in [6, 6.07) is 16.2. The zero-order valence-corrected chi connectivity index (χ0v) is 18.8. The minimum absolute atomic E-state index is 0.150. The second-order valence-electron chi connectivity index (χ2n) is 8.80. The average Bonchev–Trinajstić information content (AvgIpc) is 2.86. The van der Waals surface area contributed by atoms with Gasteiger partial charge in [-0.1, -0.05) is 30.3 Å². The maximum Gasteiger partial charge on any atom is 0.404 e. The van der Waals surface area contributed by atoms with Gasteiger partial charge in [-0.2, -0.15) is 0 Å². The van der Waals surface area contributed by atoms with Gasteiger partial charge in [0.05, 0.1) is 16.8 Å². The van der Waals surface area contributed by atoms with Crippen molar-refractivity contribution in [3.63, 3.8) is 0 Å². The van der Waals surface area contributed by atoms with Gasteiger partial charge < -0.3 is 21.5 Å². The van der Waals surface area contributed by atoms with E-state index < -0.39 is 12.0 Å². The second-order valence-corrected chi connectivity index (χ2v) is 8.80. The fourth-order valence-electron chi connectivity index (χ4n) is 4.52. The van der Waals surface area contributed by atoms with Crippen LogP contribution >= 0.6 is 0 Å². The van der Waals surface area contributed by atoms with Crippen LogP contribution in [-0.4, -0.2) is 41.1 Å². The van der Waals surface area contributed by atoms with Crippen molar-refractivity contribution in [1.82, 2.24) is 15.6 Å². The topological polar surface area (TPSA) is 134 Å². The summed E-state index contributed by atoms with van der Waals surface area (Å²) in [6.45, 7) is 1.07. The molecule has 0 atom stereocenters. The molecule has 0 spiro atoms. The summed E-state index contributed by atoms with van der Waals surface area (Å²) in [7, 11) is 0. The third-order valence-corrected chi connectivity index (χ3v) is 6.49. The molecule has 8 nitrogen and oxygen atoms in total. The zero-order valence-electron chi connectivity index (χ0n) is 18.8. The first-order valence-electron chi connectivity index (χ1n) is 11.5. The fourth-order valence-corrected chi connectivity index (χ4v) is 4.52. The van der Waals surface area contributed by atoms with Crippen molar-refractivity contribution < 1.29 is 19.5 Å². The number of hydrogen-bond donors (Lipinski definition) is 4. The number of rotatable bonds is 7. The Bertz CT molecular complexity index is 1200. The van der Waals surface area contributed by atoms with Crippen LogP contribution in [0.5, 0.6) is 0 Å². The van der Waals surface area contributed by atoms with Crippen molar-refractivity contribution in [3.05, 3.63) is 65.7 Å². The van der Waals surface area contributed by atoms with Crippen LogP contribution in [0.3, 0.4) is 0 Å². The second kappa shape index (κ2) is 10.3. The van der Waals surface area contributed by atoms with E-state index in [1.807, 2.05) is 24.3 Å². The highest BCUT2D eigenvalue weighted by atomic mass is 16.4. The van der Waals surface area contributed by atoms with Crippen LogP contribution < -0.4 is 16.4 Å². The van der Waals surface area contributed by atoms with Crippen LogP contribution in [0.4, 0.5) is 4.79 Å². The van der Waals surface area contributed by atoms with Crippen LogP contribution in [0.25, 0.3) is 22.2 Å². The third-order valence-electron chi connectivity index (χ3n) is 6.49. The molecule has 0 radical (unpaired) electrons. The van der Waals surface area contributed by atoms with E-state index in [0.717, 1.165) is 42.1 Å². The van der Waals surface area contributed by atoms with Gasteiger partial charge in [-0.15, -0.1) is 0 Å². The molecule has 0 unspecified atom stereocenters. The molecular formula is C26H28N4O4. The summed E-state index contributed by atoms with van der Waals surface area (Å²) in [6.07, 6.45) is 2.83. The average molecular weight is 461 g/mol. The summed E-state index contributed by atoms with van der Waals surface area (Å²) < 4.78 is 0. The highest BCUT2D eigenvalue weighted by Crippen LogP contribution is 2.29. The summed E-state index contributed by atoms with van der Waals surface area (Å²) in [5.41, 5.74) is 8.46. The molecule has 1 aliphatic carbocycles. The summed E-state index contributed by atoms with van der Waals surface area (Å²) in [5.74, 6) is 0.0863. The van der Waals surface area contributed by atoms with Crippen molar-refractivity contribution in [1.29, 1.82) is 0 Å². The predicted molar refractivity (Wildman–Crippen MR) is 130 cm³/mol. The number of nitrogens with one attached hydrogen (secondary N) is 2. The molecule has 3 aromatic rings. The molecule has 5 N–H and O–H groups in total. The molecule has 1 saturated carbocycles. The Labute approximate surface area is 197 Å². The van der Waals surface area contributed by atoms with Gasteiger partial charge in [0.2, 0.25) is 5.91 Å². The molecule has 2 aromatic carbocycles. The Balaban J connectivity index is 1.47. The highest BCUT2D eigenvalue weighted by molar-refractivity contribution is 6.07. The molecule has 176 valence electrons. The van der Waals surface area contributed by atoms with Gasteiger partial charge >= 0.3 is 6.09 Å². The largest absolute Gasteiger partial charge is 0.465 e. The van der Waals surface area contributed by atoms with Gasteiger partial charge in [-0.3, -0.25) is 9.59 Å². The number of aromatic nitrogens is 1. The number of hydrogen-bond acceptors (Lipinski definition) is 4.